The van der Waals surface area contributed by atoms with Gasteiger partial charge in [0.05, 0.1) is 17.0 Å². The molecule has 0 bridgehead atoms. The average molecular weight is 366 g/mol. The van der Waals surface area contributed by atoms with Crippen LogP contribution in [0.25, 0.3) is 0 Å². The van der Waals surface area contributed by atoms with E-state index >= 15 is 0 Å². The standard InChI is InChI=1S/C18H26N2O4S/c1-5-24-18(23)13-11(2)14(17(22)20(3)4)25-16(13)19-15(21)12-9-7-6-8-10-12/h12H,5-10H2,1-4H3,(H,19,21). The molecule has 1 aliphatic carbocycles. The summed E-state index contributed by atoms with van der Waals surface area (Å²) >= 11 is 1.15. The molecule has 1 aliphatic rings. The average Bonchev–Trinajstić information content (AvgIpc) is 2.91. The highest BCUT2D eigenvalue weighted by Crippen LogP contribution is 2.35. The Labute approximate surface area is 152 Å². The minimum absolute atomic E-state index is 0.0285. The van der Waals surface area contributed by atoms with Crippen LogP contribution in [0.2, 0.25) is 0 Å². The van der Waals surface area contributed by atoms with Crippen molar-refractivity contribution >= 4 is 34.1 Å². The number of hydrogen-bond acceptors (Lipinski definition) is 5. The van der Waals surface area contributed by atoms with Crippen molar-refractivity contribution in [2.45, 2.75) is 46.0 Å². The largest absolute Gasteiger partial charge is 0.462 e. The van der Waals surface area contributed by atoms with Gasteiger partial charge >= 0.3 is 5.97 Å². The van der Waals surface area contributed by atoms with E-state index in [0.29, 0.717) is 21.0 Å². The van der Waals surface area contributed by atoms with Crippen molar-refractivity contribution in [3.63, 3.8) is 0 Å². The molecule has 7 heteroatoms. The van der Waals surface area contributed by atoms with E-state index in [0.717, 1.165) is 43.4 Å². The van der Waals surface area contributed by atoms with Gasteiger partial charge in [-0.25, -0.2) is 4.79 Å². The van der Waals surface area contributed by atoms with E-state index in [1.165, 1.54) is 4.90 Å². The maximum absolute atomic E-state index is 12.6. The second-order valence-corrected chi connectivity index (χ2v) is 7.53. The zero-order valence-corrected chi connectivity index (χ0v) is 16.1. The second kappa shape index (κ2) is 8.47. The molecule has 1 saturated carbocycles. The predicted molar refractivity (Wildman–Crippen MR) is 98.2 cm³/mol. The first-order valence-electron chi connectivity index (χ1n) is 8.69. The Balaban J connectivity index is 2.33. The number of ether oxygens (including phenoxy) is 1. The zero-order chi connectivity index (χ0) is 18.6. The Morgan fingerprint density at radius 2 is 1.84 bits per heavy atom. The third-order valence-electron chi connectivity index (χ3n) is 4.44. The fraction of sp³-hybridized carbons (Fsp3) is 0.611. The molecule has 2 rings (SSSR count). The van der Waals surface area contributed by atoms with Crippen LogP contribution in [-0.4, -0.2) is 43.4 Å². The van der Waals surface area contributed by atoms with Crippen molar-refractivity contribution in [3.8, 4) is 0 Å². The molecule has 0 aromatic carbocycles. The number of carbonyl (C=O) groups is 3. The molecule has 0 atom stereocenters. The normalized spacial score (nSPS) is 14.9. The van der Waals surface area contributed by atoms with Crippen molar-refractivity contribution in [2.75, 3.05) is 26.0 Å². The van der Waals surface area contributed by atoms with E-state index in [9.17, 15) is 14.4 Å². The van der Waals surface area contributed by atoms with E-state index in [1.807, 2.05) is 0 Å². The van der Waals surface area contributed by atoms with Gasteiger partial charge in [-0.15, -0.1) is 11.3 Å². The van der Waals surface area contributed by atoms with E-state index in [-0.39, 0.29) is 24.3 Å². The van der Waals surface area contributed by atoms with E-state index in [4.69, 9.17) is 4.74 Å². The van der Waals surface area contributed by atoms with Crippen molar-refractivity contribution in [1.82, 2.24) is 4.90 Å². The number of nitrogens with one attached hydrogen (secondary N) is 1. The molecule has 6 nitrogen and oxygen atoms in total. The van der Waals surface area contributed by atoms with Crippen molar-refractivity contribution in [3.05, 3.63) is 16.0 Å². The molecule has 1 fully saturated rings. The number of amides is 2. The number of anilines is 1. The van der Waals surface area contributed by atoms with Gasteiger partial charge in [0.25, 0.3) is 5.91 Å². The summed E-state index contributed by atoms with van der Waals surface area (Å²) in [6.07, 6.45) is 5.01. The van der Waals surface area contributed by atoms with Gasteiger partial charge < -0.3 is 15.0 Å². The molecule has 1 N–H and O–H groups in total. The van der Waals surface area contributed by atoms with Gasteiger partial charge in [0.15, 0.2) is 0 Å². The van der Waals surface area contributed by atoms with Crippen LogP contribution in [0.4, 0.5) is 5.00 Å². The highest BCUT2D eigenvalue weighted by atomic mass is 32.1. The smallest absolute Gasteiger partial charge is 0.341 e. The molecule has 25 heavy (non-hydrogen) atoms. The molecular weight excluding hydrogens is 340 g/mol. The Morgan fingerprint density at radius 3 is 2.40 bits per heavy atom. The SMILES string of the molecule is CCOC(=O)c1c(NC(=O)C2CCCCC2)sc(C(=O)N(C)C)c1C. The van der Waals surface area contributed by atoms with Gasteiger partial charge in [-0.3, -0.25) is 9.59 Å². The van der Waals surface area contributed by atoms with Gasteiger partial charge in [0.2, 0.25) is 5.91 Å². The Hall–Kier alpha value is -1.89. The maximum Gasteiger partial charge on any atom is 0.341 e. The number of thiophene rings is 1. The van der Waals surface area contributed by atoms with Crippen LogP contribution in [0.3, 0.4) is 0 Å². The summed E-state index contributed by atoms with van der Waals surface area (Å²) in [6, 6.07) is 0. The predicted octanol–water partition coefficient (Wildman–Crippen LogP) is 3.45. The van der Waals surface area contributed by atoms with Gasteiger partial charge in [-0.1, -0.05) is 19.3 Å². The summed E-state index contributed by atoms with van der Waals surface area (Å²) in [5.74, 6) is -0.797. The lowest BCUT2D eigenvalue weighted by atomic mass is 9.89. The molecule has 0 saturated heterocycles. The molecule has 2 amide bonds. The Morgan fingerprint density at radius 1 is 1.20 bits per heavy atom. The molecule has 0 spiro atoms. The van der Waals surface area contributed by atoms with Crippen LogP contribution >= 0.6 is 11.3 Å². The minimum atomic E-state index is -0.506. The second-order valence-electron chi connectivity index (χ2n) is 6.50. The van der Waals surface area contributed by atoms with Crippen molar-refractivity contribution < 1.29 is 19.1 Å². The molecular formula is C18H26N2O4S. The summed E-state index contributed by atoms with van der Waals surface area (Å²) in [5.41, 5.74) is 0.849. The monoisotopic (exact) mass is 366 g/mol. The van der Waals surface area contributed by atoms with Crippen LogP contribution in [-0.2, 0) is 9.53 Å². The number of nitrogens with zero attached hydrogens (tertiary/aromatic N) is 1. The molecule has 138 valence electrons. The quantitative estimate of drug-likeness (QED) is 0.810. The van der Waals surface area contributed by atoms with E-state index in [1.54, 1.807) is 27.9 Å². The van der Waals surface area contributed by atoms with Crippen LogP contribution in [0.5, 0.6) is 0 Å². The lowest BCUT2D eigenvalue weighted by molar-refractivity contribution is -0.120. The molecule has 0 aliphatic heterocycles. The molecule has 0 radical (unpaired) electrons. The van der Waals surface area contributed by atoms with Crippen molar-refractivity contribution in [2.24, 2.45) is 5.92 Å². The summed E-state index contributed by atoms with van der Waals surface area (Å²) in [5, 5.41) is 3.30. The zero-order valence-electron chi connectivity index (χ0n) is 15.3. The number of carbonyl (C=O) groups excluding carboxylic acids is 3. The number of rotatable bonds is 5. The van der Waals surface area contributed by atoms with Crippen LogP contribution in [0, 0.1) is 12.8 Å². The Kier molecular flexibility index (Phi) is 6.58. The fourth-order valence-electron chi connectivity index (χ4n) is 3.04. The number of hydrogen-bond donors (Lipinski definition) is 1. The van der Waals surface area contributed by atoms with Crippen LogP contribution in [0.1, 0.15) is 64.6 Å². The third-order valence-corrected chi connectivity index (χ3v) is 5.63. The molecule has 1 heterocycles. The lowest BCUT2D eigenvalue weighted by Crippen LogP contribution is -2.25. The van der Waals surface area contributed by atoms with Gasteiger partial charge in [-0.05, 0) is 32.3 Å². The van der Waals surface area contributed by atoms with Gasteiger partial charge in [-0.2, -0.15) is 0 Å². The topological polar surface area (TPSA) is 75.7 Å². The van der Waals surface area contributed by atoms with Gasteiger partial charge in [0, 0.05) is 20.0 Å². The number of esters is 1. The lowest BCUT2D eigenvalue weighted by Gasteiger charge is -2.20. The summed E-state index contributed by atoms with van der Waals surface area (Å²) in [7, 11) is 3.32. The third kappa shape index (κ3) is 4.39. The Bertz CT molecular complexity index is 660. The fourth-order valence-corrected chi connectivity index (χ4v) is 4.26. The van der Waals surface area contributed by atoms with Crippen LogP contribution in [0.15, 0.2) is 0 Å². The van der Waals surface area contributed by atoms with Gasteiger partial charge in [0.1, 0.15) is 5.00 Å². The molecule has 0 unspecified atom stereocenters. The highest BCUT2D eigenvalue weighted by Gasteiger charge is 2.29. The maximum atomic E-state index is 12.6. The summed E-state index contributed by atoms with van der Waals surface area (Å²) < 4.78 is 5.12. The molecule has 1 aromatic rings. The van der Waals surface area contributed by atoms with Crippen molar-refractivity contribution in [1.29, 1.82) is 0 Å². The highest BCUT2D eigenvalue weighted by molar-refractivity contribution is 7.18. The first-order chi connectivity index (χ1) is 11.9. The minimum Gasteiger partial charge on any atom is -0.462 e. The van der Waals surface area contributed by atoms with E-state index < -0.39 is 5.97 Å². The first-order valence-corrected chi connectivity index (χ1v) is 9.51. The van der Waals surface area contributed by atoms with E-state index in [2.05, 4.69) is 5.32 Å². The van der Waals surface area contributed by atoms with Crippen LogP contribution < -0.4 is 5.32 Å². The summed E-state index contributed by atoms with van der Waals surface area (Å²) in [6.45, 7) is 3.68. The summed E-state index contributed by atoms with van der Waals surface area (Å²) in [4.78, 5) is 39.2. The molecule has 1 aromatic heterocycles. The first kappa shape index (κ1) is 19.4.